The van der Waals surface area contributed by atoms with Gasteiger partial charge < -0.3 is 19.9 Å². The lowest BCUT2D eigenvalue weighted by Gasteiger charge is -2.15. The second kappa shape index (κ2) is 10.4. The van der Waals surface area contributed by atoms with E-state index in [2.05, 4.69) is 31.9 Å². The number of amides is 1. The number of rotatable bonds is 8. The van der Waals surface area contributed by atoms with Gasteiger partial charge in [0, 0.05) is 30.1 Å². The number of aromatic nitrogens is 4. The molecule has 4 aromatic rings. The SMILES string of the molecule is COc1ccccc1[C@@H](C#N)NC(=O)c1cccc(NCc2nnc(-c3ccncc3F)n2C)c1. The molecule has 0 bridgehead atoms. The van der Waals surface area contributed by atoms with Crippen molar-refractivity contribution < 1.29 is 13.9 Å². The van der Waals surface area contributed by atoms with E-state index in [9.17, 15) is 14.4 Å². The van der Waals surface area contributed by atoms with Crippen LogP contribution in [0.1, 0.15) is 27.8 Å². The van der Waals surface area contributed by atoms with Crippen LogP contribution in [0.3, 0.4) is 0 Å². The molecule has 176 valence electrons. The highest BCUT2D eigenvalue weighted by Gasteiger charge is 2.19. The number of nitriles is 1. The molecule has 1 amide bonds. The first kappa shape index (κ1) is 23.4. The lowest BCUT2D eigenvalue weighted by Crippen LogP contribution is -2.28. The van der Waals surface area contributed by atoms with Gasteiger partial charge in [0.2, 0.25) is 0 Å². The summed E-state index contributed by atoms with van der Waals surface area (Å²) in [5.74, 6) is 0.593. The predicted octanol–water partition coefficient (Wildman–Crippen LogP) is 3.63. The fraction of sp³-hybridized carbons (Fsp3) is 0.160. The quantitative estimate of drug-likeness (QED) is 0.403. The van der Waals surface area contributed by atoms with Gasteiger partial charge in [-0.3, -0.25) is 9.78 Å². The number of carbonyl (C=O) groups is 1. The number of methoxy groups -OCH3 is 1. The number of hydrogen-bond acceptors (Lipinski definition) is 7. The largest absolute Gasteiger partial charge is 0.496 e. The monoisotopic (exact) mass is 471 g/mol. The van der Waals surface area contributed by atoms with Gasteiger partial charge in [0.25, 0.3) is 5.91 Å². The van der Waals surface area contributed by atoms with Gasteiger partial charge in [-0.05, 0) is 30.3 Å². The third kappa shape index (κ3) is 5.09. The maximum Gasteiger partial charge on any atom is 0.252 e. The highest BCUT2D eigenvalue weighted by molar-refractivity contribution is 5.95. The van der Waals surface area contributed by atoms with Crippen molar-refractivity contribution in [1.29, 1.82) is 5.26 Å². The highest BCUT2D eigenvalue weighted by atomic mass is 19.1. The third-order valence-corrected chi connectivity index (χ3v) is 5.41. The molecule has 0 unspecified atom stereocenters. The topological polar surface area (TPSA) is 118 Å². The molecule has 2 aromatic carbocycles. The molecule has 2 N–H and O–H groups in total. The maximum atomic E-state index is 14.1. The Morgan fingerprint density at radius 2 is 2.03 bits per heavy atom. The number of pyridine rings is 1. The molecule has 0 radical (unpaired) electrons. The molecular formula is C25H22FN7O2. The zero-order valence-electron chi connectivity index (χ0n) is 19.1. The number of para-hydroxylation sites is 1. The number of benzene rings is 2. The van der Waals surface area contributed by atoms with E-state index in [-0.39, 0.29) is 0 Å². The molecule has 35 heavy (non-hydrogen) atoms. The number of ether oxygens (including phenoxy) is 1. The van der Waals surface area contributed by atoms with E-state index in [0.29, 0.717) is 46.3 Å². The van der Waals surface area contributed by atoms with Crippen LogP contribution in [-0.4, -0.2) is 32.8 Å². The number of nitrogens with zero attached hydrogens (tertiary/aromatic N) is 5. The van der Waals surface area contributed by atoms with Crippen LogP contribution >= 0.6 is 0 Å². The Morgan fingerprint density at radius 3 is 2.80 bits per heavy atom. The van der Waals surface area contributed by atoms with E-state index >= 15 is 0 Å². The highest BCUT2D eigenvalue weighted by Crippen LogP contribution is 2.25. The summed E-state index contributed by atoms with van der Waals surface area (Å²) in [7, 11) is 3.26. The fourth-order valence-corrected chi connectivity index (χ4v) is 3.56. The summed E-state index contributed by atoms with van der Waals surface area (Å²) in [5, 5.41) is 23.8. The van der Waals surface area contributed by atoms with Gasteiger partial charge in [0.1, 0.15) is 11.8 Å². The first-order chi connectivity index (χ1) is 17.0. The Bertz CT molecular complexity index is 1400. The number of nitrogens with one attached hydrogen (secondary N) is 2. The molecule has 0 aliphatic carbocycles. The van der Waals surface area contributed by atoms with E-state index in [4.69, 9.17) is 4.74 Å². The lowest BCUT2D eigenvalue weighted by molar-refractivity contribution is 0.0945. The summed E-state index contributed by atoms with van der Waals surface area (Å²) in [4.78, 5) is 16.6. The van der Waals surface area contributed by atoms with Gasteiger partial charge >= 0.3 is 0 Å². The van der Waals surface area contributed by atoms with Crippen LogP contribution in [0.2, 0.25) is 0 Å². The van der Waals surface area contributed by atoms with Gasteiger partial charge in [-0.1, -0.05) is 24.3 Å². The molecule has 0 aliphatic rings. The van der Waals surface area contributed by atoms with E-state index in [1.54, 1.807) is 60.1 Å². The van der Waals surface area contributed by atoms with E-state index in [0.717, 1.165) is 6.20 Å². The Labute approximate surface area is 201 Å². The minimum Gasteiger partial charge on any atom is -0.496 e. The molecule has 0 spiro atoms. The average Bonchev–Trinajstić information content (AvgIpc) is 3.26. The average molecular weight is 471 g/mol. The van der Waals surface area contributed by atoms with E-state index in [1.807, 2.05) is 0 Å². The smallest absolute Gasteiger partial charge is 0.252 e. The number of carbonyl (C=O) groups excluding carboxylic acids is 1. The maximum absolute atomic E-state index is 14.1. The van der Waals surface area contributed by atoms with E-state index < -0.39 is 17.8 Å². The summed E-state index contributed by atoms with van der Waals surface area (Å²) in [6, 6.07) is 16.7. The van der Waals surface area contributed by atoms with Crippen molar-refractivity contribution in [3.8, 4) is 23.2 Å². The molecular weight excluding hydrogens is 449 g/mol. The normalized spacial score (nSPS) is 11.4. The van der Waals surface area contributed by atoms with Gasteiger partial charge in [0.15, 0.2) is 17.5 Å². The number of halogens is 1. The van der Waals surface area contributed by atoms with Crippen LogP contribution in [0.5, 0.6) is 5.75 Å². The zero-order chi connectivity index (χ0) is 24.8. The summed E-state index contributed by atoms with van der Waals surface area (Å²) in [6.45, 7) is 0.295. The standard InChI is InChI=1S/C25H22FN7O2/c1-33-23(31-32-24(33)18-10-11-28-14-20(18)26)15-29-17-7-5-6-16(12-17)25(34)30-21(13-27)19-8-3-4-9-22(19)35-2/h3-12,14,21,29H,15H2,1-2H3,(H,30,34)/t21-/m1/s1. The predicted molar refractivity (Wildman–Crippen MR) is 127 cm³/mol. The van der Waals surface area contributed by atoms with Crippen molar-refractivity contribution in [2.24, 2.45) is 7.05 Å². The number of hydrogen-bond donors (Lipinski definition) is 2. The van der Waals surface area contributed by atoms with Gasteiger partial charge in [-0.25, -0.2) is 4.39 Å². The molecule has 0 saturated carbocycles. The van der Waals surface area contributed by atoms with Crippen molar-refractivity contribution in [2.75, 3.05) is 12.4 Å². The Morgan fingerprint density at radius 1 is 1.20 bits per heavy atom. The first-order valence-corrected chi connectivity index (χ1v) is 10.7. The Kier molecular flexibility index (Phi) is 6.97. The van der Waals surface area contributed by atoms with Crippen molar-refractivity contribution in [2.45, 2.75) is 12.6 Å². The van der Waals surface area contributed by atoms with Crippen molar-refractivity contribution in [3.05, 3.63) is 89.8 Å². The van der Waals surface area contributed by atoms with Crippen molar-refractivity contribution in [3.63, 3.8) is 0 Å². The summed E-state index contributed by atoms with van der Waals surface area (Å²) in [6.07, 6.45) is 2.62. The molecule has 4 rings (SSSR count). The van der Waals surface area contributed by atoms with Crippen molar-refractivity contribution in [1.82, 2.24) is 25.1 Å². The molecule has 0 saturated heterocycles. The van der Waals surface area contributed by atoms with Gasteiger partial charge in [-0.15, -0.1) is 10.2 Å². The second-order valence-corrected chi connectivity index (χ2v) is 7.57. The van der Waals surface area contributed by atoms with Crippen LogP contribution in [0, 0.1) is 17.1 Å². The molecule has 2 heterocycles. The molecule has 10 heteroatoms. The fourth-order valence-electron chi connectivity index (χ4n) is 3.56. The van der Waals surface area contributed by atoms with Gasteiger partial charge in [-0.2, -0.15) is 5.26 Å². The lowest BCUT2D eigenvalue weighted by atomic mass is 10.1. The molecule has 1 atom stereocenters. The minimum absolute atomic E-state index is 0.295. The Hall–Kier alpha value is -4.78. The summed E-state index contributed by atoms with van der Waals surface area (Å²) < 4.78 is 21.1. The van der Waals surface area contributed by atoms with Crippen LogP contribution in [0.25, 0.3) is 11.4 Å². The van der Waals surface area contributed by atoms with Crippen LogP contribution < -0.4 is 15.4 Å². The molecule has 2 aromatic heterocycles. The van der Waals surface area contributed by atoms with Crippen molar-refractivity contribution >= 4 is 11.6 Å². The van der Waals surface area contributed by atoms with Crippen LogP contribution in [0.4, 0.5) is 10.1 Å². The molecule has 0 aliphatic heterocycles. The molecule has 9 nitrogen and oxygen atoms in total. The zero-order valence-corrected chi connectivity index (χ0v) is 19.1. The second-order valence-electron chi connectivity index (χ2n) is 7.57. The third-order valence-electron chi connectivity index (χ3n) is 5.41. The minimum atomic E-state index is -0.874. The summed E-state index contributed by atoms with van der Waals surface area (Å²) >= 11 is 0. The van der Waals surface area contributed by atoms with Gasteiger partial charge in [0.05, 0.1) is 31.5 Å². The van der Waals surface area contributed by atoms with Crippen LogP contribution in [0.15, 0.2) is 67.0 Å². The van der Waals surface area contributed by atoms with Crippen LogP contribution in [-0.2, 0) is 13.6 Å². The first-order valence-electron chi connectivity index (χ1n) is 10.7. The summed E-state index contributed by atoms with van der Waals surface area (Å²) in [5.41, 5.74) is 1.93. The van der Waals surface area contributed by atoms with E-state index in [1.165, 1.54) is 19.4 Å². The Balaban J connectivity index is 1.46. The molecule has 0 fully saturated rings. The number of anilines is 1.